The van der Waals surface area contributed by atoms with Crippen molar-refractivity contribution < 1.29 is 14.1 Å². The molecule has 2 saturated heterocycles. The molecule has 3 heterocycles. The van der Waals surface area contributed by atoms with Gasteiger partial charge in [-0.25, -0.2) is 0 Å². The van der Waals surface area contributed by atoms with E-state index in [4.69, 9.17) is 4.52 Å². The Morgan fingerprint density at radius 1 is 1.40 bits per heavy atom. The van der Waals surface area contributed by atoms with Crippen molar-refractivity contribution in [2.24, 2.45) is 11.8 Å². The second-order valence-corrected chi connectivity index (χ2v) is 8.23. The Balaban J connectivity index is 1.42. The summed E-state index contributed by atoms with van der Waals surface area (Å²) in [5.41, 5.74) is 0. The average Bonchev–Trinajstić information content (AvgIpc) is 3.16. The molecule has 2 amide bonds. The first-order valence-electron chi connectivity index (χ1n) is 8.87. The monoisotopic (exact) mass is 366 g/mol. The van der Waals surface area contributed by atoms with E-state index in [0.717, 1.165) is 39.0 Å². The van der Waals surface area contributed by atoms with Crippen LogP contribution in [0.2, 0.25) is 0 Å². The van der Waals surface area contributed by atoms with Gasteiger partial charge in [-0.2, -0.15) is 0 Å². The number of amides is 2. The largest absolute Gasteiger partial charge is 0.360 e. The number of anilines is 1. The van der Waals surface area contributed by atoms with Crippen LogP contribution in [-0.2, 0) is 9.59 Å². The normalized spacial score (nSPS) is 24.5. The highest BCUT2D eigenvalue weighted by Crippen LogP contribution is 2.27. The highest BCUT2D eigenvalue weighted by atomic mass is 32.2. The van der Waals surface area contributed by atoms with Gasteiger partial charge >= 0.3 is 0 Å². The van der Waals surface area contributed by atoms with Gasteiger partial charge in [0.05, 0.1) is 11.0 Å². The maximum Gasteiger partial charge on any atom is 0.238 e. The van der Waals surface area contributed by atoms with Crippen LogP contribution in [-0.4, -0.2) is 59.1 Å². The summed E-state index contributed by atoms with van der Waals surface area (Å²) in [6, 6.07) is 1.67. The lowest BCUT2D eigenvalue weighted by Gasteiger charge is -2.21. The predicted molar refractivity (Wildman–Crippen MR) is 97.5 cm³/mol. The molecule has 1 aromatic rings. The van der Waals surface area contributed by atoms with Crippen LogP contribution in [0.3, 0.4) is 0 Å². The van der Waals surface area contributed by atoms with E-state index in [1.54, 1.807) is 19.9 Å². The molecule has 0 aromatic carbocycles. The number of fused-ring (bicyclic) bond motifs is 1. The molecule has 2 N–H and O–H groups in total. The molecule has 0 radical (unpaired) electrons. The number of carbonyl (C=O) groups excluding carboxylic acids is 2. The molecule has 8 heteroatoms. The van der Waals surface area contributed by atoms with Crippen LogP contribution in [0.5, 0.6) is 0 Å². The standard InChI is InChI=1S/C17H26N4O3S/c1-11-7-15(20-24-11)19-17(23)12(2)25-10-16(22)21-5-3-13-8-18-9-14(13)4-6-21/h7,12-14,18H,3-6,8-10H2,1-2H3,(H,19,20,23)/t12?,13-,14+. The highest BCUT2D eigenvalue weighted by molar-refractivity contribution is 8.01. The van der Waals surface area contributed by atoms with Crippen LogP contribution in [0.15, 0.2) is 10.6 Å². The number of aromatic nitrogens is 1. The van der Waals surface area contributed by atoms with Crippen LogP contribution in [0.1, 0.15) is 25.5 Å². The van der Waals surface area contributed by atoms with Crippen LogP contribution in [0, 0.1) is 18.8 Å². The summed E-state index contributed by atoms with van der Waals surface area (Å²) in [6.45, 7) is 7.41. The molecule has 2 aliphatic rings. The molecule has 138 valence electrons. The van der Waals surface area contributed by atoms with Gasteiger partial charge in [0.15, 0.2) is 5.82 Å². The van der Waals surface area contributed by atoms with Crippen molar-refractivity contribution in [1.82, 2.24) is 15.4 Å². The fourth-order valence-corrected chi connectivity index (χ4v) is 4.27. The summed E-state index contributed by atoms with van der Waals surface area (Å²) in [4.78, 5) is 26.6. The fraction of sp³-hybridized carbons (Fsp3) is 0.706. The Hall–Kier alpha value is -1.54. The summed E-state index contributed by atoms with van der Waals surface area (Å²) in [5, 5.41) is 9.58. The number of likely N-dealkylation sites (tertiary alicyclic amines) is 1. The highest BCUT2D eigenvalue weighted by Gasteiger charge is 2.31. The van der Waals surface area contributed by atoms with Crippen molar-refractivity contribution in [2.45, 2.75) is 31.9 Å². The predicted octanol–water partition coefficient (Wildman–Crippen LogP) is 1.50. The Labute approximate surface area is 152 Å². The van der Waals surface area contributed by atoms with E-state index in [-0.39, 0.29) is 17.1 Å². The molecule has 0 spiro atoms. The Kier molecular flexibility index (Phi) is 6.01. The van der Waals surface area contributed by atoms with E-state index in [1.807, 2.05) is 4.90 Å². The van der Waals surface area contributed by atoms with E-state index in [2.05, 4.69) is 15.8 Å². The van der Waals surface area contributed by atoms with Gasteiger partial charge in [0.25, 0.3) is 0 Å². The average molecular weight is 366 g/mol. The van der Waals surface area contributed by atoms with E-state index < -0.39 is 0 Å². The number of nitrogens with one attached hydrogen (secondary N) is 2. The maximum atomic E-state index is 12.5. The van der Waals surface area contributed by atoms with Crippen molar-refractivity contribution >= 4 is 29.4 Å². The summed E-state index contributed by atoms with van der Waals surface area (Å²) < 4.78 is 4.93. The zero-order valence-electron chi connectivity index (χ0n) is 14.8. The quantitative estimate of drug-likeness (QED) is 0.821. The molecule has 0 aliphatic carbocycles. The van der Waals surface area contributed by atoms with Crippen LogP contribution >= 0.6 is 11.8 Å². The molecule has 2 fully saturated rings. The van der Waals surface area contributed by atoms with Gasteiger partial charge in [-0.05, 0) is 51.6 Å². The third-order valence-corrected chi connectivity index (χ3v) is 6.21. The Morgan fingerprint density at radius 2 is 2.08 bits per heavy atom. The second-order valence-electron chi connectivity index (χ2n) is 6.90. The fourth-order valence-electron chi connectivity index (χ4n) is 3.48. The van der Waals surface area contributed by atoms with E-state index >= 15 is 0 Å². The molecule has 0 saturated carbocycles. The van der Waals surface area contributed by atoms with Crippen molar-refractivity contribution in [3.05, 3.63) is 11.8 Å². The van der Waals surface area contributed by atoms with Gasteiger partial charge in [0.1, 0.15) is 5.76 Å². The lowest BCUT2D eigenvalue weighted by Crippen LogP contribution is -2.35. The number of hydrogen-bond acceptors (Lipinski definition) is 6. The molecule has 1 aromatic heterocycles. The Bertz CT molecular complexity index is 607. The summed E-state index contributed by atoms with van der Waals surface area (Å²) in [5.74, 6) is 2.78. The van der Waals surface area contributed by atoms with Gasteiger partial charge in [0.2, 0.25) is 11.8 Å². The SMILES string of the molecule is Cc1cc(NC(=O)C(C)SCC(=O)N2CC[C@@H]3CNC[C@@H]3CC2)no1. The van der Waals surface area contributed by atoms with Gasteiger partial charge in [-0.1, -0.05) is 5.16 Å². The van der Waals surface area contributed by atoms with E-state index in [1.165, 1.54) is 11.8 Å². The Morgan fingerprint density at radius 3 is 2.68 bits per heavy atom. The van der Waals surface area contributed by atoms with Crippen molar-refractivity contribution in [2.75, 3.05) is 37.2 Å². The minimum absolute atomic E-state index is 0.134. The minimum atomic E-state index is -0.323. The molecule has 2 aliphatic heterocycles. The van der Waals surface area contributed by atoms with Crippen LogP contribution in [0.25, 0.3) is 0 Å². The number of rotatable bonds is 5. The number of nitrogens with zero attached hydrogens (tertiary/aromatic N) is 2. The minimum Gasteiger partial charge on any atom is -0.360 e. The topological polar surface area (TPSA) is 87.5 Å². The van der Waals surface area contributed by atoms with Gasteiger partial charge in [0, 0.05) is 19.2 Å². The number of thioether (sulfide) groups is 1. The molecule has 3 atom stereocenters. The first kappa shape index (κ1) is 18.3. The lowest BCUT2D eigenvalue weighted by atomic mass is 9.92. The molecule has 1 unspecified atom stereocenters. The van der Waals surface area contributed by atoms with E-state index in [0.29, 0.717) is 29.2 Å². The number of carbonyl (C=O) groups is 2. The number of hydrogen-bond donors (Lipinski definition) is 2. The number of aryl methyl sites for hydroxylation is 1. The third-order valence-electron chi connectivity index (χ3n) is 5.08. The first-order valence-corrected chi connectivity index (χ1v) is 9.92. The third kappa shape index (κ3) is 4.76. The van der Waals surface area contributed by atoms with Crippen LogP contribution < -0.4 is 10.6 Å². The summed E-state index contributed by atoms with van der Waals surface area (Å²) >= 11 is 1.37. The first-order chi connectivity index (χ1) is 12.0. The van der Waals surface area contributed by atoms with Crippen LogP contribution in [0.4, 0.5) is 5.82 Å². The van der Waals surface area contributed by atoms with Crippen molar-refractivity contribution in [3.63, 3.8) is 0 Å². The zero-order chi connectivity index (χ0) is 17.8. The molecule has 0 bridgehead atoms. The second kappa shape index (κ2) is 8.23. The smallest absolute Gasteiger partial charge is 0.238 e. The van der Waals surface area contributed by atoms with Gasteiger partial charge in [-0.15, -0.1) is 11.8 Å². The zero-order valence-corrected chi connectivity index (χ0v) is 15.6. The molecular formula is C17H26N4O3S. The van der Waals surface area contributed by atoms with Crippen molar-refractivity contribution in [3.8, 4) is 0 Å². The summed E-state index contributed by atoms with van der Waals surface area (Å²) in [7, 11) is 0. The summed E-state index contributed by atoms with van der Waals surface area (Å²) in [6.07, 6.45) is 2.16. The van der Waals surface area contributed by atoms with Crippen molar-refractivity contribution in [1.29, 1.82) is 0 Å². The van der Waals surface area contributed by atoms with E-state index in [9.17, 15) is 9.59 Å². The molecule has 7 nitrogen and oxygen atoms in total. The molecule has 25 heavy (non-hydrogen) atoms. The maximum absolute atomic E-state index is 12.5. The lowest BCUT2D eigenvalue weighted by molar-refractivity contribution is -0.128. The molecule has 3 rings (SSSR count). The van der Waals surface area contributed by atoms with Gasteiger partial charge in [-0.3, -0.25) is 9.59 Å². The van der Waals surface area contributed by atoms with Gasteiger partial charge < -0.3 is 20.1 Å². The molecular weight excluding hydrogens is 340 g/mol.